The Bertz CT molecular complexity index is 282. The maximum absolute atomic E-state index is 10.6. The molecule has 0 fully saturated rings. The van der Waals surface area contributed by atoms with Gasteiger partial charge in [0.2, 0.25) is 0 Å². The Morgan fingerprint density at radius 1 is 1.50 bits per heavy atom. The molecule has 0 saturated heterocycles. The summed E-state index contributed by atoms with van der Waals surface area (Å²) in [6, 6.07) is 0. The van der Waals surface area contributed by atoms with Crippen molar-refractivity contribution in [2.24, 2.45) is 11.8 Å². The largest absolute Gasteiger partial charge is 0.298 e. The second-order valence-electron chi connectivity index (χ2n) is 4.63. The first-order valence-corrected chi connectivity index (χ1v) is 5.39. The third-order valence-corrected chi connectivity index (χ3v) is 3.10. The van der Waals surface area contributed by atoms with E-state index in [1.165, 1.54) is 24.0 Å². The zero-order valence-corrected chi connectivity index (χ0v) is 9.63. The molecule has 0 aromatic rings. The highest BCUT2D eigenvalue weighted by Gasteiger charge is 2.24. The van der Waals surface area contributed by atoms with Crippen molar-refractivity contribution in [3.05, 3.63) is 22.8 Å². The molecule has 0 radical (unpaired) electrons. The molecule has 1 rings (SSSR count). The minimum absolute atomic E-state index is 0.657. The van der Waals surface area contributed by atoms with Gasteiger partial charge in [-0.25, -0.2) is 0 Å². The van der Waals surface area contributed by atoms with E-state index in [1.54, 1.807) is 0 Å². The first-order valence-electron chi connectivity index (χ1n) is 5.39. The maximum Gasteiger partial charge on any atom is 0.145 e. The Balaban J connectivity index is 2.92. The van der Waals surface area contributed by atoms with Crippen LogP contribution in [0.2, 0.25) is 0 Å². The SMILES string of the molecule is CC(C=O)=CC1=C(C)CCC1C(C)C. The Morgan fingerprint density at radius 2 is 2.14 bits per heavy atom. The van der Waals surface area contributed by atoms with E-state index in [1.807, 2.05) is 6.92 Å². The molecule has 14 heavy (non-hydrogen) atoms. The summed E-state index contributed by atoms with van der Waals surface area (Å²) in [5, 5.41) is 0. The van der Waals surface area contributed by atoms with E-state index in [4.69, 9.17) is 0 Å². The average Bonchev–Trinajstić information content (AvgIpc) is 2.48. The van der Waals surface area contributed by atoms with E-state index < -0.39 is 0 Å². The quantitative estimate of drug-likeness (QED) is 0.494. The van der Waals surface area contributed by atoms with Crippen LogP contribution in [0.15, 0.2) is 22.8 Å². The van der Waals surface area contributed by atoms with E-state index in [9.17, 15) is 4.79 Å². The molecule has 0 saturated carbocycles. The number of hydrogen-bond acceptors (Lipinski definition) is 1. The van der Waals surface area contributed by atoms with Crippen LogP contribution in [0.1, 0.15) is 40.5 Å². The van der Waals surface area contributed by atoms with E-state index in [-0.39, 0.29) is 0 Å². The molecule has 1 heteroatoms. The number of allylic oxidation sites excluding steroid dienone is 4. The molecular weight excluding hydrogens is 172 g/mol. The molecule has 0 amide bonds. The third-order valence-electron chi connectivity index (χ3n) is 3.10. The van der Waals surface area contributed by atoms with Gasteiger partial charge in [-0.15, -0.1) is 0 Å². The minimum Gasteiger partial charge on any atom is -0.298 e. The molecule has 1 aliphatic rings. The zero-order chi connectivity index (χ0) is 10.7. The lowest BCUT2D eigenvalue weighted by Gasteiger charge is -2.17. The highest BCUT2D eigenvalue weighted by atomic mass is 16.1. The first-order chi connectivity index (χ1) is 6.56. The van der Waals surface area contributed by atoms with Gasteiger partial charge in [-0.05, 0) is 49.7 Å². The number of rotatable bonds is 3. The van der Waals surface area contributed by atoms with Crippen molar-refractivity contribution in [2.75, 3.05) is 0 Å². The van der Waals surface area contributed by atoms with Gasteiger partial charge < -0.3 is 0 Å². The highest BCUT2D eigenvalue weighted by Crippen LogP contribution is 2.37. The highest BCUT2D eigenvalue weighted by molar-refractivity contribution is 5.73. The molecule has 0 aromatic heterocycles. The smallest absolute Gasteiger partial charge is 0.145 e. The van der Waals surface area contributed by atoms with Gasteiger partial charge in [0.25, 0.3) is 0 Å². The number of aldehydes is 1. The van der Waals surface area contributed by atoms with Crippen molar-refractivity contribution in [2.45, 2.75) is 40.5 Å². The summed E-state index contributed by atoms with van der Waals surface area (Å²) in [5.41, 5.74) is 3.71. The normalized spacial score (nSPS) is 23.5. The van der Waals surface area contributed by atoms with Crippen LogP contribution >= 0.6 is 0 Å². The van der Waals surface area contributed by atoms with Crippen molar-refractivity contribution in [1.29, 1.82) is 0 Å². The van der Waals surface area contributed by atoms with Crippen LogP contribution in [0.5, 0.6) is 0 Å². The molecule has 1 unspecified atom stereocenters. The monoisotopic (exact) mass is 192 g/mol. The van der Waals surface area contributed by atoms with Crippen molar-refractivity contribution >= 4 is 6.29 Å². The first kappa shape index (κ1) is 11.2. The van der Waals surface area contributed by atoms with Crippen molar-refractivity contribution in [3.63, 3.8) is 0 Å². The summed E-state index contributed by atoms with van der Waals surface area (Å²) in [5.74, 6) is 1.34. The molecule has 0 spiro atoms. The molecule has 0 aliphatic heterocycles. The second kappa shape index (κ2) is 4.59. The van der Waals surface area contributed by atoms with Crippen LogP contribution in [0.4, 0.5) is 0 Å². The summed E-state index contributed by atoms with van der Waals surface area (Å²) in [4.78, 5) is 10.6. The van der Waals surface area contributed by atoms with Crippen molar-refractivity contribution in [3.8, 4) is 0 Å². The Kier molecular flexibility index (Phi) is 3.68. The fourth-order valence-electron chi connectivity index (χ4n) is 2.19. The van der Waals surface area contributed by atoms with Crippen LogP contribution in [0.3, 0.4) is 0 Å². The van der Waals surface area contributed by atoms with E-state index in [0.717, 1.165) is 11.9 Å². The lowest BCUT2D eigenvalue weighted by Crippen LogP contribution is -2.06. The molecule has 78 valence electrons. The molecule has 0 aromatic carbocycles. The summed E-state index contributed by atoms with van der Waals surface area (Å²) < 4.78 is 0. The molecule has 1 nitrogen and oxygen atoms in total. The van der Waals surface area contributed by atoms with Crippen LogP contribution in [-0.4, -0.2) is 6.29 Å². The van der Waals surface area contributed by atoms with Crippen LogP contribution in [-0.2, 0) is 4.79 Å². The molecule has 1 aliphatic carbocycles. The predicted molar refractivity (Wildman–Crippen MR) is 60.1 cm³/mol. The van der Waals surface area contributed by atoms with Gasteiger partial charge in [0, 0.05) is 0 Å². The average molecular weight is 192 g/mol. The summed E-state index contributed by atoms with van der Waals surface area (Å²) in [7, 11) is 0. The van der Waals surface area contributed by atoms with Crippen LogP contribution in [0.25, 0.3) is 0 Å². The fraction of sp³-hybridized carbons (Fsp3) is 0.615. The molecule has 0 N–H and O–H groups in total. The van der Waals surface area contributed by atoms with E-state index in [0.29, 0.717) is 11.8 Å². The standard InChI is InChI=1S/C13H20O/c1-9(2)12-6-5-11(4)13(12)7-10(3)8-14/h7-9,12H,5-6H2,1-4H3. The fourth-order valence-corrected chi connectivity index (χ4v) is 2.19. The van der Waals surface area contributed by atoms with Gasteiger partial charge in [0.15, 0.2) is 0 Å². The number of carbonyl (C=O) groups is 1. The lowest BCUT2D eigenvalue weighted by atomic mass is 9.88. The number of carbonyl (C=O) groups excluding carboxylic acids is 1. The molecule has 1 atom stereocenters. The maximum atomic E-state index is 10.6. The Hall–Kier alpha value is -0.850. The van der Waals surface area contributed by atoms with Gasteiger partial charge in [-0.3, -0.25) is 4.79 Å². The molecular formula is C13H20O. The van der Waals surface area contributed by atoms with Crippen LogP contribution in [0, 0.1) is 11.8 Å². The summed E-state index contributed by atoms with van der Waals surface area (Å²) in [6.07, 6.45) is 5.46. The zero-order valence-electron chi connectivity index (χ0n) is 9.63. The van der Waals surface area contributed by atoms with E-state index >= 15 is 0 Å². The van der Waals surface area contributed by atoms with E-state index in [2.05, 4.69) is 26.8 Å². The third kappa shape index (κ3) is 2.34. The van der Waals surface area contributed by atoms with Gasteiger partial charge in [0.1, 0.15) is 6.29 Å². The lowest BCUT2D eigenvalue weighted by molar-refractivity contribution is -0.104. The summed E-state index contributed by atoms with van der Waals surface area (Å²) >= 11 is 0. The van der Waals surface area contributed by atoms with Crippen molar-refractivity contribution < 1.29 is 4.79 Å². The van der Waals surface area contributed by atoms with Crippen LogP contribution < -0.4 is 0 Å². The second-order valence-corrected chi connectivity index (χ2v) is 4.63. The topological polar surface area (TPSA) is 17.1 Å². The Morgan fingerprint density at radius 3 is 2.64 bits per heavy atom. The predicted octanol–water partition coefficient (Wildman–Crippen LogP) is 3.51. The molecule has 0 heterocycles. The number of hydrogen-bond donors (Lipinski definition) is 0. The van der Waals surface area contributed by atoms with Gasteiger partial charge in [0.05, 0.1) is 0 Å². The molecule has 0 bridgehead atoms. The van der Waals surface area contributed by atoms with Gasteiger partial charge in [-0.1, -0.05) is 25.5 Å². The Labute approximate surface area is 86.9 Å². The summed E-state index contributed by atoms with van der Waals surface area (Å²) in [6.45, 7) is 8.58. The minimum atomic E-state index is 0.657. The van der Waals surface area contributed by atoms with Gasteiger partial charge >= 0.3 is 0 Å². The van der Waals surface area contributed by atoms with Crippen molar-refractivity contribution in [1.82, 2.24) is 0 Å². The van der Waals surface area contributed by atoms with Gasteiger partial charge in [-0.2, -0.15) is 0 Å².